The molecule has 1 atom stereocenters. The van der Waals surface area contributed by atoms with Gasteiger partial charge in [0.15, 0.2) is 13.2 Å². The summed E-state index contributed by atoms with van der Waals surface area (Å²) < 4.78 is 74.6. The Hall–Kier alpha value is -3.12. The van der Waals surface area contributed by atoms with Gasteiger partial charge < -0.3 is 25.2 Å². The van der Waals surface area contributed by atoms with E-state index < -0.39 is 54.5 Å². The van der Waals surface area contributed by atoms with Crippen molar-refractivity contribution in [3.63, 3.8) is 0 Å². The molecule has 0 spiro atoms. The predicted octanol–water partition coefficient (Wildman–Crippen LogP) is 3.08. The maximum Gasteiger partial charge on any atom is 0.419 e. The second kappa shape index (κ2) is 12.4. The van der Waals surface area contributed by atoms with E-state index in [2.05, 4.69) is 10.6 Å². The van der Waals surface area contributed by atoms with E-state index >= 15 is 0 Å². The third-order valence-electron chi connectivity index (χ3n) is 4.21. The summed E-state index contributed by atoms with van der Waals surface area (Å²) in [6.07, 6.45) is -5.88. The SMILES string of the molecule is O=C(COc1ccc(F)c(C(F)(F)F)c1)NCC[C@H](O)CNC(=O)COc1ccc(Cl)c(F)c1. The number of hydrogen-bond acceptors (Lipinski definition) is 5. The monoisotopic (exact) mass is 510 g/mol. The van der Waals surface area contributed by atoms with Crippen LogP contribution in [0.2, 0.25) is 5.02 Å². The Balaban J connectivity index is 1.63. The number of aliphatic hydroxyl groups excluding tert-OH is 1. The molecule has 13 heteroatoms. The third kappa shape index (κ3) is 9.02. The Kier molecular flexibility index (Phi) is 9.87. The van der Waals surface area contributed by atoms with Gasteiger partial charge in [-0.15, -0.1) is 0 Å². The summed E-state index contributed by atoms with van der Waals surface area (Å²) in [6.45, 7) is -1.23. The van der Waals surface area contributed by atoms with Gasteiger partial charge in [-0.2, -0.15) is 13.2 Å². The van der Waals surface area contributed by atoms with Gasteiger partial charge in [0.25, 0.3) is 11.8 Å². The molecule has 0 aliphatic rings. The Morgan fingerprint density at radius 1 is 0.941 bits per heavy atom. The van der Waals surface area contributed by atoms with Crippen molar-refractivity contribution in [2.75, 3.05) is 26.3 Å². The Bertz CT molecular complexity index is 1010. The van der Waals surface area contributed by atoms with Crippen LogP contribution < -0.4 is 20.1 Å². The molecule has 3 N–H and O–H groups in total. The Labute approximate surface area is 195 Å². The van der Waals surface area contributed by atoms with Crippen molar-refractivity contribution in [3.05, 3.63) is 58.6 Å². The molecule has 0 radical (unpaired) electrons. The average Bonchev–Trinajstić information content (AvgIpc) is 2.77. The summed E-state index contributed by atoms with van der Waals surface area (Å²) in [6, 6.07) is 5.65. The molecular formula is C21H20ClF5N2O5. The van der Waals surface area contributed by atoms with Crippen molar-refractivity contribution in [3.8, 4) is 11.5 Å². The zero-order valence-corrected chi connectivity index (χ0v) is 18.2. The van der Waals surface area contributed by atoms with Crippen LogP contribution in [0.5, 0.6) is 11.5 Å². The fourth-order valence-electron chi connectivity index (χ4n) is 2.49. The van der Waals surface area contributed by atoms with Crippen LogP contribution in [0.25, 0.3) is 0 Å². The summed E-state index contributed by atoms with van der Waals surface area (Å²) in [7, 11) is 0. The van der Waals surface area contributed by atoms with Crippen molar-refractivity contribution in [1.29, 1.82) is 0 Å². The molecule has 2 amide bonds. The number of ether oxygens (including phenoxy) is 2. The van der Waals surface area contributed by atoms with Gasteiger partial charge in [0, 0.05) is 19.2 Å². The lowest BCUT2D eigenvalue weighted by Crippen LogP contribution is -2.37. The largest absolute Gasteiger partial charge is 0.484 e. The van der Waals surface area contributed by atoms with E-state index in [9.17, 15) is 36.6 Å². The number of rotatable bonds is 11. The van der Waals surface area contributed by atoms with Crippen molar-refractivity contribution < 1.29 is 46.1 Å². The Morgan fingerprint density at radius 2 is 1.53 bits per heavy atom. The standard InChI is InChI=1S/C21H20ClF5N2O5/c22-16-3-1-14(8-18(16)24)34-11-20(32)29-9-12(30)5-6-28-19(31)10-33-13-2-4-17(23)15(7-13)21(25,26)27/h1-4,7-8,12,30H,5-6,9-11H2,(H,28,31)(H,29,32)/t12-/m0/s1. The van der Waals surface area contributed by atoms with Crippen LogP contribution in [0.3, 0.4) is 0 Å². The number of halogens is 6. The molecule has 0 aliphatic carbocycles. The van der Waals surface area contributed by atoms with E-state index in [4.69, 9.17) is 21.1 Å². The smallest absolute Gasteiger partial charge is 0.419 e. The maximum absolute atomic E-state index is 13.3. The first kappa shape index (κ1) is 27.1. The fourth-order valence-corrected chi connectivity index (χ4v) is 2.61. The predicted molar refractivity (Wildman–Crippen MR) is 110 cm³/mol. The highest BCUT2D eigenvalue weighted by Crippen LogP contribution is 2.33. The van der Waals surface area contributed by atoms with Crippen LogP contribution in [0.15, 0.2) is 36.4 Å². The third-order valence-corrected chi connectivity index (χ3v) is 4.52. The highest BCUT2D eigenvalue weighted by molar-refractivity contribution is 6.30. The first-order valence-corrected chi connectivity index (χ1v) is 10.1. The van der Waals surface area contributed by atoms with Crippen LogP contribution in [-0.4, -0.2) is 49.3 Å². The normalized spacial score (nSPS) is 12.1. The zero-order chi connectivity index (χ0) is 25.3. The van der Waals surface area contributed by atoms with Crippen molar-refractivity contribution in [2.45, 2.75) is 18.7 Å². The van der Waals surface area contributed by atoms with Gasteiger partial charge >= 0.3 is 6.18 Å². The van der Waals surface area contributed by atoms with E-state index in [1.807, 2.05) is 0 Å². The van der Waals surface area contributed by atoms with Gasteiger partial charge in [0.05, 0.1) is 16.7 Å². The Morgan fingerprint density at radius 3 is 2.15 bits per heavy atom. The number of amides is 2. The lowest BCUT2D eigenvalue weighted by molar-refractivity contribution is -0.140. The second-order valence-corrected chi connectivity index (χ2v) is 7.30. The molecule has 0 aliphatic heterocycles. The number of aliphatic hydroxyl groups is 1. The van der Waals surface area contributed by atoms with Gasteiger partial charge in [-0.05, 0) is 36.8 Å². The minimum atomic E-state index is -4.91. The summed E-state index contributed by atoms with van der Waals surface area (Å²) in [4.78, 5) is 23.5. The molecule has 7 nitrogen and oxygen atoms in total. The molecule has 0 unspecified atom stereocenters. The topological polar surface area (TPSA) is 96.9 Å². The fraction of sp³-hybridized carbons (Fsp3) is 0.333. The lowest BCUT2D eigenvalue weighted by atomic mass is 10.2. The van der Waals surface area contributed by atoms with Crippen LogP contribution in [0.1, 0.15) is 12.0 Å². The summed E-state index contributed by atoms with van der Waals surface area (Å²) >= 11 is 5.54. The van der Waals surface area contributed by atoms with Crippen molar-refractivity contribution >= 4 is 23.4 Å². The van der Waals surface area contributed by atoms with Gasteiger partial charge in [0.1, 0.15) is 23.1 Å². The summed E-state index contributed by atoms with van der Waals surface area (Å²) in [5.41, 5.74) is -1.51. The first-order valence-electron chi connectivity index (χ1n) is 9.74. The molecule has 0 fully saturated rings. The highest BCUT2D eigenvalue weighted by Gasteiger charge is 2.34. The first-order chi connectivity index (χ1) is 16.0. The number of hydrogen-bond donors (Lipinski definition) is 3. The minimum absolute atomic E-state index is 0.0169. The molecule has 2 aromatic rings. The highest BCUT2D eigenvalue weighted by atomic mass is 35.5. The number of benzene rings is 2. The van der Waals surface area contributed by atoms with Crippen LogP contribution in [-0.2, 0) is 15.8 Å². The molecule has 0 bridgehead atoms. The number of nitrogens with one attached hydrogen (secondary N) is 2. The zero-order valence-electron chi connectivity index (χ0n) is 17.4. The second-order valence-electron chi connectivity index (χ2n) is 6.89. The molecule has 2 aromatic carbocycles. The lowest BCUT2D eigenvalue weighted by Gasteiger charge is -2.14. The van der Waals surface area contributed by atoms with Gasteiger partial charge in [-0.3, -0.25) is 9.59 Å². The number of carbonyl (C=O) groups excluding carboxylic acids is 2. The molecule has 0 aromatic heterocycles. The molecule has 34 heavy (non-hydrogen) atoms. The van der Waals surface area contributed by atoms with E-state index in [0.29, 0.717) is 12.1 Å². The number of carbonyl (C=O) groups is 2. The van der Waals surface area contributed by atoms with Gasteiger partial charge in [-0.1, -0.05) is 11.6 Å². The maximum atomic E-state index is 13.3. The van der Waals surface area contributed by atoms with Crippen LogP contribution >= 0.6 is 11.6 Å². The van der Waals surface area contributed by atoms with E-state index in [-0.39, 0.29) is 36.0 Å². The molecule has 0 saturated carbocycles. The van der Waals surface area contributed by atoms with Gasteiger partial charge in [0.2, 0.25) is 0 Å². The van der Waals surface area contributed by atoms with Gasteiger partial charge in [-0.25, -0.2) is 8.78 Å². The number of alkyl halides is 3. The van der Waals surface area contributed by atoms with E-state index in [0.717, 1.165) is 12.1 Å². The van der Waals surface area contributed by atoms with Crippen LogP contribution in [0.4, 0.5) is 22.0 Å². The molecule has 0 saturated heterocycles. The van der Waals surface area contributed by atoms with Crippen molar-refractivity contribution in [2.24, 2.45) is 0 Å². The summed E-state index contributed by atoms with van der Waals surface area (Å²) in [5, 5.41) is 14.5. The minimum Gasteiger partial charge on any atom is -0.484 e. The molecule has 2 rings (SSSR count). The molecule has 0 heterocycles. The quantitative estimate of drug-likeness (QED) is 0.404. The van der Waals surface area contributed by atoms with Crippen molar-refractivity contribution in [1.82, 2.24) is 10.6 Å². The van der Waals surface area contributed by atoms with Crippen LogP contribution in [0, 0.1) is 11.6 Å². The molecule has 186 valence electrons. The van der Waals surface area contributed by atoms with E-state index in [1.165, 1.54) is 12.1 Å². The summed E-state index contributed by atoms with van der Waals surface area (Å²) in [5.74, 6) is -3.67. The average molecular weight is 511 g/mol. The van der Waals surface area contributed by atoms with E-state index in [1.54, 1.807) is 0 Å². The molecular weight excluding hydrogens is 491 g/mol.